The van der Waals surface area contributed by atoms with Crippen molar-refractivity contribution in [2.75, 3.05) is 54.1 Å². The Morgan fingerprint density at radius 2 is 1.41 bits per heavy atom. The van der Waals surface area contributed by atoms with Gasteiger partial charge in [-0.2, -0.15) is 0 Å². The lowest BCUT2D eigenvalue weighted by Gasteiger charge is -2.53. The third-order valence-electron chi connectivity index (χ3n) is 8.21. The highest BCUT2D eigenvalue weighted by atomic mass is 16.5. The molecule has 2 aliphatic rings. The van der Waals surface area contributed by atoms with E-state index in [0.29, 0.717) is 12.3 Å². The van der Waals surface area contributed by atoms with Gasteiger partial charge in [0.2, 0.25) is 5.91 Å². The molecule has 7 heteroatoms. The first-order valence-electron chi connectivity index (χ1n) is 13.6. The second-order valence-corrected chi connectivity index (χ2v) is 10.4. The molecule has 1 amide bonds. The maximum atomic E-state index is 12.4. The number of methoxy groups -OCH3 is 3. The Morgan fingerprint density at radius 3 is 1.92 bits per heavy atom. The number of piperazine rings is 2. The molecule has 1 unspecified atom stereocenters. The average molecular weight is 530 g/mol. The Morgan fingerprint density at radius 1 is 0.821 bits per heavy atom. The maximum absolute atomic E-state index is 12.4. The lowest BCUT2D eigenvalue weighted by molar-refractivity contribution is -0.134. The van der Waals surface area contributed by atoms with E-state index < -0.39 is 0 Å². The van der Waals surface area contributed by atoms with Crippen LogP contribution in [0.2, 0.25) is 0 Å². The molecule has 7 nitrogen and oxygen atoms in total. The van der Waals surface area contributed by atoms with Crippen molar-refractivity contribution in [1.29, 1.82) is 0 Å². The van der Waals surface area contributed by atoms with Crippen LogP contribution in [-0.2, 0) is 11.3 Å². The van der Waals surface area contributed by atoms with E-state index in [1.165, 1.54) is 11.1 Å². The molecule has 0 radical (unpaired) electrons. The topological polar surface area (TPSA) is 54.5 Å². The summed E-state index contributed by atoms with van der Waals surface area (Å²) in [5.41, 5.74) is 3.62. The first kappa shape index (κ1) is 27.0. The molecule has 0 N–H and O–H groups in total. The number of carbonyl (C=O) groups excluding carboxylic acids is 1. The molecule has 0 aromatic heterocycles. The molecule has 3 aromatic carbocycles. The van der Waals surface area contributed by atoms with Crippen LogP contribution in [0.25, 0.3) is 0 Å². The number of carbonyl (C=O) groups is 1. The van der Waals surface area contributed by atoms with Crippen LogP contribution in [0.15, 0.2) is 72.8 Å². The second kappa shape index (κ2) is 12.1. The van der Waals surface area contributed by atoms with E-state index >= 15 is 0 Å². The largest absolute Gasteiger partial charge is 0.496 e. The molecule has 3 aromatic rings. The summed E-state index contributed by atoms with van der Waals surface area (Å²) < 4.78 is 17.1. The molecule has 0 aliphatic carbocycles. The predicted molar refractivity (Wildman–Crippen MR) is 153 cm³/mol. The fourth-order valence-electron chi connectivity index (χ4n) is 6.34. The van der Waals surface area contributed by atoms with Crippen LogP contribution in [0, 0.1) is 0 Å². The number of benzene rings is 3. The number of hydrogen-bond donors (Lipinski definition) is 0. The average Bonchev–Trinajstić information content (AvgIpc) is 2.98. The van der Waals surface area contributed by atoms with Crippen molar-refractivity contribution in [2.24, 2.45) is 0 Å². The minimum Gasteiger partial charge on any atom is -0.496 e. The molecule has 5 rings (SSSR count). The van der Waals surface area contributed by atoms with Gasteiger partial charge in [0, 0.05) is 76.3 Å². The van der Waals surface area contributed by atoms with E-state index in [-0.39, 0.29) is 23.9 Å². The zero-order valence-electron chi connectivity index (χ0n) is 23.4. The summed E-state index contributed by atoms with van der Waals surface area (Å²) in [4.78, 5) is 19.5. The van der Waals surface area contributed by atoms with Gasteiger partial charge in [0.15, 0.2) is 0 Å². The van der Waals surface area contributed by atoms with Crippen molar-refractivity contribution in [3.63, 3.8) is 0 Å². The third kappa shape index (κ3) is 5.75. The molecule has 206 valence electrons. The Kier molecular flexibility index (Phi) is 8.38. The summed E-state index contributed by atoms with van der Waals surface area (Å²) in [5, 5.41) is 0. The van der Waals surface area contributed by atoms with Gasteiger partial charge in [0.25, 0.3) is 0 Å². The van der Waals surface area contributed by atoms with E-state index in [1.807, 2.05) is 17.0 Å². The summed E-state index contributed by atoms with van der Waals surface area (Å²) in [6, 6.07) is 25.9. The van der Waals surface area contributed by atoms with E-state index in [2.05, 4.69) is 70.5 Å². The van der Waals surface area contributed by atoms with Crippen LogP contribution in [0.3, 0.4) is 0 Å². The molecular formula is C32H39N3O4. The normalized spacial score (nSPS) is 20.0. The van der Waals surface area contributed by atoms with Gasteiger partial charge in [0.05, 0.1) is 26.9 Å². The van der Waals surface area contributed by atoms with Crippen molar-refractivity contribution < 1.29 is 19.0 Å². The van der Waals surface area contributed by atoms with Crippen molar-refractivity contribution in [1.82, 2.24) is 14.7 Å². The fraction of sp³-hybridized carbons (Fsp3) is 0.406. The summed E-state index contributed by atoms with van der Waals surface area (Å²) in [6.07, 6.45) is 0. The van der Waals surface area contributed by atoms with Crippen LogP contribution in [-0.4, -0.2) is 86.7 Å². The van der Waals surface area contributed by atoms with Gasteiger partial charge in [0.1, 0.15) is 17.2 Å². The standard InChI is InChI=1S/C32H39N3O4/c1-23(36)34-15-16-35-26(20-34)19-33(21-28-30(38-3)17-27(37-2)18-31(28)39-4)22-29(35)32(24-11-7-5-8-12-24)25-13-9-6-10-14-25/h5-14,17-18,26,29,32H,15-16,19-22H2,1-4H3/t26-,29?/m1/s1. The quantitative estimate of drug-likeness (QED) is 0.435. The number of nitrogens with zero attached hydrogens (tertiary/aromatic N) is 3. The molecule has 2 fully saturated rings. The van der Waals surface area contributed by atoms with E-state index in [0.717, 1.165) is 49.8 Å². The second-order valence-electron chi connectivity index (χ2n) is 10.4. The lowest BCUT2D eigenvalue weighted by Crippen LogP contribution is -2.67. The maximum Gasteiger partial charge on any atom is 0.219 e. The molecule has 0 bridgehead atoms. The van der Waals surface area contributed by atoms with E-state index in [4.69, 9.17) is 14.2 Å². The van der Waals surface area contributed by atoms with Crippen molar-refractivity contribution in [3.05, 3.63) is 89.5 Å². The minimum atomic E-state index is 0.143. The third-order valence-corrected chi connectivity index (χ3v) is 8.21. The van der Waals surface area contributed by atoms with Crippen LogP contribution < -0.4 is 14.2 Å². The smallest absolute Gasteiger partial charge is 0.219 e. The van der Waals surface area contributed by atoms with E-state index in [9.17, 15) is 4.79 Å². The van der Waals surface area contributed by atoms with E-state index in [1.54, 1.807) is 28.3 Å². The highest BCUT2D eigenvalue weighted by molar-refractivity contribution is 5.73. The lowest BCUT2D eigenvalue weighted by atomic mass is 9.81. The van der Waals surface area contributed by atoms with Gasteiger partial charge < -0.3 is 19.1 Å². The molecule has 0 spiro atoms. The molecule has 2 heterocycles. The summed E-state index contributed by atoms with van der Waals surface area (Å²) in [5.74, 6) is 2.54. The van der Waals surface area contributed by atoms with Crippen LogP contribution in [0.4, 0.5) is 0 Å². The number of rotatable bonds is 8. The van der Waals surface area contributed by atoms with Gasteiger partial charge in [-0.15, -0.1) is 0 Å². The van der Waals surface area contributed by atoms with Gasteiger partial charge in [-0.05, 0) is 11.1 Å². The summed E-state index contributed by atoms with van der Waals surface area (Å²) in [7, 11) is 5.02. The predicted octanol–water partition coefficient (Wildman–Crippen LogP) is 4.26. The minimum absolute atomic E-state index is 0.143. The SMILES string of the molecule is COc1cc(OC)c(CN2CC(C(c3ccccc3)c3ccccc3)N3CCN(C(C)=O)C[C@H]3C2)c(OC)c1. The van der Waals surface area contributed by atoms with Gasteiger partial charge in [-0.3, -0.25) is 14.6 Å². The molecule has 2 aliphatic heterocycles. The summed E-state index contributed by atoms with van der Waals surface area (Å²) >= 11 is 0. The number of amides is 1. The monoisotopic (exact) mass is 529 g/mol. The Balaban J connectivity index is 1.54. The number of hydrogen-bond acceptors (Lipinski definition) is 6. The molecule has 0 saturated carbocycles. The van der Waals surface area contributed by atoms with Crippen molar-refractivity contribution in [2.45, 2.75) is 31.5 Å². The van der Waals surface area contributed by atoms with Crippen LogP contribution in [0.1, 0.15) is 29.5 Å². The highest BCUT2D eigenvalue weighted by Gasteiger charge is 2.43. The summed E-state index contributed by atoms with van der Waals surface area (Å²) in [6.45, 7) is 6.45. The van der Waals surface area contributed by atoms with Gasteiger partial charge in [-0.1, -0.05) is 60.7 Å². The number of ether oxygens (including phenoxy) is 3. The first-order chi connectivity index (χ1) is 19.0. The van der Waals surface area contributed by atoms with Crippen LogP contribution in [0.5, 0.6) is 17.2 Å². The Labute approximate surface area is 231 Å². The van der Waals surface area contributed by atoms with Crippen LogP contribution >= 0.6 is 0 Å². The van der Waals surface area contributed by atoms with Gasteiger partial charge in [-0.25, -0.2) is 0 Å². The molecular weight excluding hydrogens is 490 g/mol. The molecule has 2 saturated heterocycles. The zero-order chi connectivity index (χ0) is 27.4. The van der Waals surface area contributed by atoms with Crippen molar-refractivity contribution in [3.8, 4) is 17.2 Å². The first-order valence-corrected chi connectivity index (χ1v) is 13.6. The zero-order valence-corrected chi connectivity index (χ0v) is 23.4. The fourth-order valence-corrected chi connectivity index (χ4v) is 6.34. The molecule has 39 heavy (non-hydrogen) atoms. The van der Waals surface area contributed by atoms with Gasteiger partial charge >= 0.3 is 0 Å². The molecule has 2 atom stereocenters. The Hall–Kier alpha value is -3.55. The number of fused-ring (bicyclic) bond motifs is 1. The highest BCUT2D eigenvalue weighted by Crippen LogP contribution is 2.39. The Bertz CT molecular complexity index is 1190. The van der Waals surface area contributed by atoms with Crippen molar-refractivity contribution >= 4 is 5.91 Å².